The van der Waals surface area contributed by atoms with Gasteiger partial charge < -0.3 is 14.6 Å². The van der Waals surface area contributed by atoms with Gasteiger partial charge in [0, 0.05) is 13.2 Å². The van der Waals surface area contributed by atoms with E-state index in [0.29, 0.717) is 20.0 Å². The molecule has 0 amide bonds. The second-order valence-corrected chi connectivity index (χ2v) is 2.29. The van der Waals surface area contributed by atoms with Gasteiger partial charge in [-0.15, -0.1) is 0 Å². The summed E-state index contributed by atoms with van der Waals surface area (Å²) in [6.07, 6.45) is 5.56. The number of aliphatic hydroxyl groups is 1. The van der Waals surface area contributed by atoms with Crippen LogP contribution in [0.4, 0.5) is 0 Å². The predicted octanol–water partition coefficient (Wildman–Crippen LogP) is 1.33. The van der Waals surface area contributed by atoms with Gasteiger partial charge in [-0.05, 0) is 19.8 Å². The van der Waals surface area contributed by atoms with Crippen molar-refractivity contribution in [2.75, 3.05) is 26.6 Å². The summed E-state index contributed by atoms with van der Waals surface area (Å²) in [5.41, 5.74) is 0. The number of ether oxygens (including phenoxy) is 2. The smallest absolute Gasteiger partial charge is 0.146 e. The third-order valence-corrected chi connectivity index (χ3v) is 1.26. The molecule has 0 heterocycles. The van der Waals surface area contributed by atoms with Crippen molar-refractivity contribution in [1.82, 2.24) is 0 Å². The van der Waals surface area contributed by atoms with E-state index in [1.54, 1.807) is 0 Å². The van der Waals surface area contributed by atoms with Crippen LogP contribution < -0.4 is 0 Å². The normalized spacial score (nSPS) is 11.2. The molecular formula is C9H18O3. The molecule has 0 spiro atoms. The van der Waals surface area contributed by atoms with Crippen molar-refractivity contribution in [3.63, 3.8) is 0 Å². The molecule has 0 saturated carbocycles. The molecule has 0 aromatic carbocycles. The minimum atomic E-state index is 0.219. The van der Waals surface area contributed by atoms with E-state index in [4.69, 9.17) is 14.6 Å². The largest absolute Gasteiger partial charge is 0.396 e. The molecule has 3 nitrogen and oxygen atoms in total. The molecule has 0 fully saturated rings. The lowest BCUT2D eigenvalue weighted by atomic mass is 10.3. The van der Waals surface area contributed by atoms with E-state index >= 15 is 0 Å². The van der Waals surface area contributed by atoms with E-state index in [-0.39, 0.29) is 6.61 Å². The maximum Gasteiger partial charge on any atom is 0.146 e. The van der Waals surface area contributed by atoms with E-state index in [1.807, 2.05) is 19.1 Å². The van der Waals surface area contributed by atoms with Crippen LogP contribution in [0.5, 0.6) is 0 Å². The first-order chi connectivity index (χ1) is 5.91. The summed E-state index contributed by atoms with van der Waals surface area (Å²) < 4.78 is 10.1. The maximum absolute atomic E-state index is 8.44. The summed E-state index contributed by atoms with van der Waals surface area (Å²) in [7, 11) is 0. The molecule has 0 rings (SSSR count). The Morgan fingerprint density at radius 1 is 1.17 bits per heavy atom. The van der Waals surface area contributed by atoms with Crippen molar-refractivity contribution in [1.29, 1.82) is 0 Å². The van der Waals surface area contributed by atoms with Gasteiger partial charge >= 0.3 is 0 Å². The van der Waals surface area contributed by atoms with E-state index in [1.165, 1.54) is 0 Å². The average Bonchev–Trinajstić information content (AvgIpc) is 2.10. The van der Waals surface area contributed by atoms with Gasteiger partial charge in [-0.2, -0.15) is 0 Å². The van der Waals surface area contributed by atoms with Crippen LogP contribution in [0, 0.1) is 0 Å². The standard InChI is InChI=1S/C9H18O3/c1-2-11-9-12-8-6-4-3-5-7-10/h3-4,10H,2,5-9H2,1H3. The Balaban J connectivity index is 2.90. The lowest BCUT2D eigenvalue weighted by Crippen LogP contribution is -1.99. The second kappa shape index (κ2) is 10.6. The summed E-state index contributed by atoms with van der Waals surface area (Å²) in [5, 5.41) is 8.44. The Morgan fingerprint density at radius 3 is 2.58 bits per heavy atom. The number of hydrogen-bond donors (Lipinski definition) is 1. The topological polar surface area (TPSA) is 38.7 Å². The fourth-order valence-corrected chi connectivity index (χ4v) is 0.663. The first kappa shape index (κ1) is 11.6. The fraction of sp³-hybridized carbons (Fsp3) is 0.778. The van der Waals surface area contributed by atoms with Gasteiger partial charge in [0.25, 0.3) is 0 Å². The maximum atomic E-state index is 8.44. The van der Waals surface area contributed by atoms with Gasteiger partial charge in [0.05, 0.1) is 6.61 Å². The third-order valence-electron chi connectivity index (χ3n) is 1.26. The fourth-order valence-electron chi connectivity index (χ4n) is 0.663. The molecule has 0 bridgehead atoms. The van der Waals surface area contributed by atoms with Crippen LogP contribution in [0.1, 0.15) is 19.8 Å². The summed E-state index contributed by atoms with van der Waals surface area (Å²) in [5.74, 6) is 0. The predicted molar refractivity (Wildman–Crippen MR) is 47.9 cm³/mol. The van der Waals surface area contributed by atoms with Gasteiger partial charge in [0.15, 0.2) is 0 Å². The van der Waals surface area contributed by atoms with Crippen molar-refractivity contribution in [2.45, 2.75) is 19.8 Å². The summed E-state index contributed by atoms with van der Waals surface area (Å²) >= 11 is 0. The van der Waals surface area contributed by atoms with Gasteiger partial charge in [-0.25, -0.2) is 0 Å². The lowest BCUT2D eigenvalue weighted by Gasteiger charge is -2.00. The Kier molecular flexibility index (Phi) is 10.3. The van der Waals surface area contributed by atoms with Crippen LogP contribution in [0.15, 0.2) is 12.2 Å². The SMILES string of the molecule is CCOCOCCC=CCCO. The van der Waals surface area contributed by atoms with Crippen molar-refractivity contribution >= 4 is 0 Å². The van der Waals surface area contributed by atoms with Crippen molar-refractivity contribution in [2.24, 2.45) is 0 Å². The summed E-state index contributed by atoms with van der Waals surface area (Å²) in [6.45, 7) is 3.91. The third kappa shape index (κ3) is 9.62. The van der Waals surface area contributed by atoms with Crippen LogP contribution in [0.25, 0.3) is 0 Å². The van der Waals surface area contributed by atoms with E-state index in [0.717, 1.165) is 12.8 Å². The van der Waals surface area contributed by atoms with Gasteiger partial charge in [0.1, 0.15) is 6.79 Å². The molecule has 0 aromatic heterocycles. The molecule has 72 valence electrons. The Bertz CT molecular complexity index is 102. The Morgan fingerprint density at radius 2 is 1.92 bits per heavy atom. The van der Waals surface area contributed by atoms with Gasteiger partial charge in [-0.3, -0.25) is 0 Å². The number of rotatable bonds is 8. The van der Waals surface area contributed by atoms with E-state index < -0.39 is 0 Å². The number of hydrogen-bond acceptors (Lipinski definition) is 3. The summed E-state index contributed by atoms with van der Waals surface area (Å²) in [4.78, 5) is 0. The Hall–Kier alpha value is -0.380. The first-order valence-electron chi connectivity index (χ1n) is 4.33. The Labute approximate surface area is 74.0 Å². The van der Waals surface area contributed by atoms with E-state index in [9.17, 15) is 0 Å². The molecule has 0 aromatic rings. The molecule has 0 unspecified atom stereocenters. The van der Waals surface area contributed by atoms with Crippen LogP contribution in [0.2, 0.25) is 0 Å². The molecule has 3 heteroatoms. The highest BCUT2D eigenvalue weighted by molar-refractivity contribution is 4.80. The van der Waals surface area contributed by atoms with Crippen LogP contribution in [-0.4, -0.2) is 31.7 Å². The highest BCUT2D eigenvalue weighted by Gasteiger charge is 1.83. The zero-order valence-corrected chi connectivity index (χ0v) is 7.66. The molecule has 1 N–H and O–H groups in total. The lowest BCUT2D eigenvalue weighted by molar-refractivity contribution is -0.0476. The summed E-state index contributed by atoms with van der Waals surface area (Å²) in [6, 6.07) is 0. The van der Waals surface area contributed by atoms with Crippen LogP contribution in [-0.2, 0) is 9.47 Å². The molecule has 0 aliphatic heterocycles. The molecule has 0 aliphatic rings. The highest BCUT2D eigenvalue weighted by Crippen LogP contribution is 1.88. The zero-order valence-electron chi connectivity index (χ0n) is 7.66. The monoisotopic (exact) mass is 174 g/mol. The molecule has 0 atom stereocenters. The van der Waals surface area contributed by atoms with Crippen LogP contribution >= 0.6 is 0 Å². The van der Waals surface area contributed by atoms with Crippen LogP contribution in [0.3, 0.4) is 0 Å². The highest BCUT2D eigenvalue weighted by atomic mass is 16.7. The van der Waals surface area contributed by atoms with E-state index in [2.05, 4.69) is 0 Å². The van der Waals surface area contributed by atoms with Gasteiger partial charge in [-0.1, -0.05) is 12.2 Å². The zero-order chi connectivity index (χ0) is 9.07. The average molecular weight is 174 g/mol. The number of aliphatic hydroxyl groups excluding tert-OH is 1. The molecule has 0 saturated heterocycles. The van der Waals surface area contributed by atoms with Crippen molar-refractivity contribution < 1.29 is 14.6 Å². The minimum absolute atomic E-state index is 0.219. The second-order valence-electron chi connectivity index (χ2n) is 2.29. The van der Waals surface area contributed by atoms with Gasteiger partial charge in [0.2, 0.25) is 0 Å². The van der Waals surface area contributed by atoms with Crippen molar-refractivity contribution in [3.05, 3.63) is 12.2 Å². The van der Waals surface area contributed by atoms with Crippen molar-refractivity contribution in [3.8, 4) is 0 Å². The quantitative estimate of drug-likeness (QED) is 0.343. The first-order valence-corrected chi connectivity index (χ1v) is 4.33. The molecular weight excluding hydrogens is 156 g/mol. The minimum Gasteiger partial charge on any atom is -0.396 e. The molecule has 0 aliphatic carbocycles. The molecule has 12 heavy (non-hydrogen) atoms. The molecule has 0 radical (unpaired) electrons.